The minimum absolute atomic E-state index is 0.119. The summed E-state index contributed by atoms with van der Waals surface area (Å²) < 4.78 is 0. The first-order valence-electron chi connectivity index (χ1n) is 4.50. The summed E-state index contributed by atoms with van der Waals surface area (Å²) in [7, 11) is -1.39. The third kappa shape index (κ3) is 2.43. The van der Waals surface area contributed by atoms with E-state index < -0.39 is 8.07 Å². The van der Waals surface area contributed by atoms with Crippen molar-refractivity contribution in [2.45, 2.75) is 25.2 Å². The van der Waals surface area contributed by atoms with E-state index in [2.05, 4.69) is 25.7 Å². The maximum absolute atomic E-state index is 9.10. The molecule has 0 amide bonds. The molecule has 0 spiro atoms. The van der Waals surface area contributed by atoms with Crippen LogP contribution in [-0.4, -0.2) is 8.07 Å². The maximum atomic E-state index is 9.10. The van der Waals surface area contributed by atoms with Gasteiger partial charge in [0, 0.05) is 0 Å². The van der Waals surface area contributed by atoms with Crippen molar-refractivity contribution in [2.24, 2.45) is 0 Å². The lowest BCUT2D eigenvalue weighted by Crippen LogP contribution is -2.29. The fourth-order valence-corrected chi connectivity index (χ4v) is 2.99. The van der Waals surface area contributed by atoms with Crippen molar-refractivity contribution in [1.82, 2.24) is 0 Å². The Kier molecular flexibility index (Phi) is 2.89. The summed E-state index contributed by atoms with van der Waals surface area (Å²) in [4.78, 5) is 0. The molecule has 1 aromatic carbocycles. The molecule has 13 heavy (non-hydrogen) atoms. The molecule has 1 nitrogen and oxygen atoms in total. The summed E-state index contributed by atoms with van der Waals surface area (Å²) in [5.41, 5.74) is 1.29. The summed E-state index contributed by atoms with van der Waals surface area (Å²) in [5.74, 6) is 0. The second kappa shape index (κ2) is 3.76. The van der Waals surface area contributed by atoms with Crippen LogP contribution in [0.4, 0.5) is 0 Å². The van der Waals surface area contributed by atoms with E-state index in [9.17, 15) is 0 Å². The summed E-state index contributed by atoms with van der Waals surface area (Å²) in [6, 6.07) is 12.5. The van der Waals surface area contributed by atoms with Crippen molar-refractivity contribution in [3.8, 4) is 6.07 Å². The molecule has 0 aromatic heterocycles. The van der Waals surface area contributed by atoms with E-state index in [0.717, 1.165) is 0 Å². The predicted molar refractivity (Wildman–Crippen MR) is 58.1 cm³/mol. The van der Waals surface area contributed by atoms with Gasteiger partial charge < -0.3 is 0 Å². The van der Waals surface area contributed by atoms with Crippen LogP contribution in [0.1, 0.15) is 11.1 Å². The van der Waals surface area contributed by atoms with Gasteiger partial charge in [-0.15, -0.1) is 0 Å². The Morgan fingerprint density at radius 2 is 1.69 bits per heavy atom. The molecule has 0 saturated carbocycles. The molecule has 2 heteroatoms. The van der Waals surface area contributed by atoms with E-state index in [1.807, 2.05) is 30.3 Å². The fraction of sp³-hybridized carbons (Fsp3) is 0.364. The molecule has 0 fully saturated rings. The van der Waals surface area contributed by atoms with E-state index in [1.54, 1.807) is 0 Å². The first kappa shape index (κ1) is 10.0. The molecule has 1 atom stereocenters. The van der Waals surface area contributed by atoms with Crippen LogP contribution in [0.5, 0.6) is 0 Å². The second-order valence-corrected chi connectivity index (χ2v) is 9.65. The van der Waals surface area contributed by atoms with Crippen LogP contribution in [0.25, 0.3) is 0 Å². The standard InChI is InChI=1S/C11H15NSi/c1-13(2,3)11(9-12)10-7-5-4-6-8-10/h4-8,11H,1-3H3/t11-/m0/s1. The van der Waals surface area contributed by atoms with E-state index >= 15 is 0 Å². The van der Waals surface area contributed by atoms with Crippen LogP contribution in [0.3, 0.4) is 0 Å². The largest absolute Gasteiger partial charge is 0.198 e. The molecule has 0 radical (unpaired) electrons. The van der Waals surface area contributed by atoms with Crippen molar-refractivity contribution in [3.05, 3.63) is 35.9 Å². The molecule has 1 aromatic rings. The van der Waals surface area contributed by atoms with Crippen molar-refractivity contribution in [1.29, 1.82) is 5.26 Å². The van der Waals surface area contributed by atoms with Crippen molar-refractivity contribution < 1.29 is 0 Å². The number of nitriles is 1. The van der Waals surface area contributed by atoms with Gasteiger partial charge in [-0.3, -0.25) is 0 Å². The maximum Gasteiger partial charge on any atom is 0.0696 e. The second-order valence-electron chi connectivity index (χ2n) is 4.34. The van der Waals surface area contributed by atoms with Crippen molar-refractivity contribution >= 4 is 8.07 Å². The molecule has 0 N–H and O–H groups in total. The molecular formula is C11H15NSi. The predicted octanol–water partition coefficient (Wildman–Crippen LogP) is 3.17. The molecule has 0 aliphatic rings. The third-order valence-electron chi connectivity index (χ3n) is 2.13. The highest BCUT2D eigenvalue weighted by Crippen LogP contribution is 2.25. The van der Waals surface area contributed by atoms with Crippen molar-refractivity contribution in [2.75, 3.05) is 0 Å². The van der Waals surface area contributed by atoms with Gasteiger partial charge in [0.1, 0.15) is 0 Å². The Balaban J connectivity index is 3.01. The highest BCUT2D eigenvalue weighted by atomic mass is 28.3. The third-order valence-corrected chi connectivity index (χ3v) is 4.32. The molecule has 0 bridgehead atoms. The number of nitrogens with zero attached hydrogens (tertiary/aromatic N) is 1. The van der Waals surface area contributed by atoms with Crippen molar-refractivity contribution in [3.63, 3.8) is 0 Å². The average Bonchev–Trinajstić information content (AvgIpc) is 2.05. The highest BCUT2D eigenvalue weighted by Gasteiger charge is 2.27. The Morgan fingerprint density at radius 3 is 2.08 bits per heavy atom. The Labute approximate surface area is 81.0 Å². The van der Waals surface area contributed by atoms with E-state index in [4.69, 9.17) is 5.26 Å². The van der Waals surface area contributed by atoms with Gasteiger partial charge >= 0.3 is 0 Å². The summed E-state index contributed by atoms with van der Waals surface area (Å²) in [6.45, 7) is 6.69. The number of benzene rings is 1. The number of rotatable bonds is 2. The zero-order chi connectivity index (χ0) is 9.90. The molecule has 0 aliphatic carbocycles. The van der Waals surface area contributed by atoms with Crippen LogP contribution < -0.4 is 0 Å². The van der Waals surface area contributed by atoms with Gasteiger partial charge in [-0.2, -0.15) is 5.26 Å². The number of hydrogen-bond donors (Lipinski definition) is 0. The van der Waals surface area contributed by atoms with E-state index in [-0.39, 0.29) is 5.54 Å². The molecule has 1 rings (SSSR count). The SMILES string of the molecule is C[Si](C)(C)[C@@H](C#N)c1ccccc1. The van der Waals surface area contributed by atoms with Crippen LogP contribution in [0.2, 0.25) is 19.6 Å². The smallest absolute Gasteiger partial charge is 0.0696 e. The molecule has 0 heterocycles. The monoisotopic (exact) mass is 189 g/mol. The van der Waals surface area contributed by atoms with Gasteiger partial charge in [0.2, 0.25) is 0 Å². The topological polar surface area (TPSA) is 23.8 Å². The summed E-state index contributed by atoms with van der Waals surface area (Å²) in [6.07, 6.45) is 0. The minimum Gasteiger partial charge on any atom is -0.198 e. The lowest BCUT2D eigenvalue weighted by Gasteiger charge is -2.22. The molecular weight excluding hydrogens is 174 g/mol. The summed E-state index contributed by atoms with van der Waals surface area (Å²) in [5, 5.41) is 9.10. The van der Waals surface area contributed by atoms with Gasteiger partial charge in [0.05, 0.1) is 19.7 Å². The first-order chi connectivity index (χ1) is 6.05. The average molecular weight is 189 g/mol. The summed E-state index contributed by atoms with van der Waals surface area (Å²) >= 11 is 0. The zero-order valence-electron chi connectivity index (χ0n) is 8.41. The van der Waals surface area contributed by atoms with Crippen LogP contribution in [0, 0.1) is 11.3 Å². The lowest BCUT2D eigenvalue weighted by atomic mass is 10.2. The number of hydrogen-bond acceptors (Lipinski definition) is 1. The molecule has 68 valence electrons. The Bertz CT molecular complexity index is 305. The Morgan fingerprint density at radius 1 is 1.15 bits per heavy atom. The van der Waals surface area contributed by atoms with Gasteiger partial charge in [0.25, 0.3) is 0 Å². The fourth-order valence-electron chi connectivity index (χ4n) is 1.41. The first-order valence-corrected chi connectivity index (χ1v) is 8.08. The van der Waals surface area contributed by atoms with E-state index in [0.29, 0.717) is 0 Å². The normalized spacial score (nSPS) is 13.4. The van der Waals surface area contributed by atoms with Gasteiger partial charge in [-0.1, -0.05) is 50.0 Å². The molecule has 0 saturated heterocycles. The van der Waals surface area contributed by atoms with Gasteiger partial charge in [-0.25, -0.2) is 0 Å². The van der Waals surface area contributed by atoms with Crippen LogP contribution in [-0.2, 0) is 0 Å². The Hall–Kier alpha value is -1.07. The van der Waals surface area contributed by atoms with Gasteiger partial charge in [0.15, 0.2) is 0 Å². The molecule has 0 aliphatic heterocycles. The minimum atomic E-state index is -1.39. The quantitative estimate of drug-likeness (QED) is 0.656. The van der Waals surface area contributed by atoms with Gasteiger partial charge in [-0.05, 0) is 5.56 Å². The highest BCUT2D eigenvalue weighted by molar-refractivity contribution is 6.78. The molecule has 0 unspecified atom stereocenters. The van der Waals surface area contributed by atoms with Crippen LogP contribution >= 0.6 is 0 Å². The van der Waals surface area contributed by atoms with E-state index in [1.165, 1.54) is 5.56 Å². The lowest BCUT2D eigenvalue weighted by molar-refractivity contribution is 1.14. The van der Waals surface area contributed by atoms with Crippen LogP contribution in [0.15, 0.2) is 30.3 Å². The zero-order valence-corrected chi connectivity index (χ0v) is 9.41.